The van der Waals surface area contributed by atoms with Gasteiger partial charge in [0.1, 0.15) is 18.7 Å². The summed E-state index contributed by atoms with van der Waals surface area (Å²) in [5.74, 6) is 1.18. The van der Waals surface area contributed by atoms with Gasteiger partial charge in [-0.05, 0) is 81.0 Å². The summed E-state index contributed by atoms with van der Waals surface area (Å²) in [5.41, 5.74) is 4.53. The smallest absolute Gasteiger partial charge is 0.229 e. The maximum absolute atomic E-state index is 13.5. The van der Waals surface area contributed by atoms with E-state index in [9.17, 15) is 9.36 Å². The lowest BCUT2D eigenvalue weighted by atomic mass is 9.72. The highest BCUT2D eigenvalue weighted by Gasteiger charge is 2.43. The molecular weight excluding hydrogens is 571 g/mol. The van der Waals surface area contributed by atoms with Crippen LogP contribution in [0.3, 0.4) is 0 Å². The van der Waals surface area contributed by atoms with Gasteiger partial charge in [-0.1, -0.05) is 30.3 Å². The summed E-state index contributed by atoms with van der Waals surface area (Å²) in [4.78, 5) is 26.7. The first kappa shape index (κ1) is 30.1. The second-order valence-electron chi connectivity index (χ2n) is 12.8. The van der Waals surface area contributed by atoms with Crippen LogP contribution in [0.5, 0.6) is 5.75 Å². The number of hydrogen-bond acceptors (Lipinski definition) is 9. The average molecular weight is 613 g/mol. The number of Topliss-reactive ketones (excluding diaryl/α,β-unsaturated/α-hetero) is 1. The maximum Gasteiger partial charge on any atom is 0.229 e. The Bertz CT molecular complexity index is 1790. The third-order valence-electron chi connectivity index (χ3n) is 9.00. The van der Waals surface area contributed by atoms with Crippen LogP contribution in [0, 0.1) is 12.3 Å². The van der Waals surface area contributed by atoms with Crippen LogP contribution in [0.2, 0.25) is 0 Å². The van der Waals surface area contributed by atoms with Gasteiger partial charge in [0.2, 0.25) is 5.95 Å². The molecule has 0 radical (unpaired) electrons. The minimum absolute atomic E-state index is 0.174. The molecule has 3 heterocycles. The number of likely N-dealkylation sites (tertiary alicyclic amines) is 1. The van der Waals surface area contributed by atoms with E-state index >= 15 is 0 Å². The van der Waals surface area contributed by atoms with Crippen molar-refractivity contribution in [1.29, 1.82) is 0 Å². The molecule has 1 aromatic heterocycles. The molecule has 0 atom stereocenters. The van der Waals surface area contributed by atoms with Gasteiger partial charge in [-0.15, -0.1) is 0 Å². The summed E-state index contributed by atoms with van der Waals surface area (Å²) in [5, 5.41) is 9.28. The normalized spacial score (nSPS) is 16.5. The lowest BCUT2D eigenvalue weighted by Crippen LogP contribution is -2.58. The Kier molecular flexibility index (Phi) is 7.89. The highest BCUT2D eigenvalue weighted by Crippen LogP contribution is 2.43. The van der Waals surface area contributed by atoms with Gasteiger partial charge in [-0.2, -0.15) is 4.98 Å². The van der Waals surface area contributed by atoms with E-state index in [2.05, 4.69) is 51.5 Å². The number of benzene rings is 3. The largest absolute Gasteiger partial charge is 0.494 e. The maximum atomic E-state index is 13.5. The summed E-state index contributed by atoms with van der Waals surface area (Å²) < 4.78 is 19.3. The quantitative estimate of drug-likeness (QED) is 0.173. The number of aryl methyl sites for hydroxylation is 1. The van der Waals surface area contributed by atoms with Crippen molar-refractivity contribution < 1.29 is 14.1 Å². The number of rotatable bonds is 8. The molecule has 1 spiro atoms. The van der Waals surface area contributed by atoms with Crippen LogP contribution >= 0.6 is 7.14 Å². The number of nitrogens with zero attached hydrogens (tertiary/aromatic N) is 4. The first-order valence-electron chi connectivity index (χ1n) is 15.1. The number of anilines is 5. The van der Waals surface area contributed by atoms with E-state index in [0.29, 0.717) is 34.2 Å². The summed E-state index contributed by atoms with van der Waals surface area (Å²) in [6.07, 6.45) is 3.93. The molecule has 2 aliphatic heterocycles. The van der Waals surface area contributed by atoms with E-state index in [1.165, 1.54) is 44.7 Å². The average Bonchev–Trinajstić information content (AvgIpc) is 2.96. The molecule has 10 heteroatoms. The van der Waals surface area contributed by atoms with E-state index in [0.717, 1.165) is 40.4 Å². The molecule has 2 aliphatic rings. The Labute approximate surface area is 259 Å². The summed E-state index contributed by atoms with van der Waals surface area (Å²) in [6, 6.07) is 15.9. The van der Waals surface area contributed by atoms with Gasteiger partial charge in [0.25, 0.3) is 0 Å². The monoisotopic (exact) mass is 612 g/mol. The van der Waals surface area contributed by atoms with Crippen molar-refractivity contribution in [2.75, 3.05) is 69.2 Å². The Hall–Kier alpha value is -3.94. The van der Waals surface area contributed by atoms with Crippen molar-refractivity contribution in [3.63, 3.8) is 0 Å². The third kappa shape index (κ3) is 5.78. The molecule has 0 saturated carbocycles. The number of carbonyl (C=O) groups is 1. The molecule has 230 valence electrons. The van der Waals surface area contributed by atoms with Gasteiger partial charge >= 0.3 is 0 Å². The van der Waals surface area contributed by atoms with E-state index in [1.54, 1.807) is 20.4 Å². The predicted octanol–water partition coefficient (Wildman–Crippen LogP) is 6.42. The van der Waals surface area contributed by atoms with Gasteiger partial charge in [0.15, 0.2) is 5.78 Å². The van der Waals surface area contributed by atoms with E-state index in [4.69, 9.17) is 9.72 Å². The number of ketones is 1. The van der Waals surface area contributed by atoms with Crippen molar-refractivity contribution in [1.82, 2.24) is 14.9 Å². The molecule has 2 saturated heterocycles. The molecular formula is C34H41N6O3P. The molecule has 3 aromatic carbocycles. The fourth-order valence-electron chi connectivity index (χ4n) is 6.90. The van der Waals surface area contributed by atoms with Gasteiger partial charge in [-0.25, -0.2) is 4.98 Å². The lowest BCUT2D eigenvalue weighted by molar-refractivity contribution is 0.00130. The number of nitrogens with one attached hydrogen (secondary N) is 2. The first-order chi connectivity index (χ1) is 21.0. The number of piperidine rings is 1. The van der Waals surface area contributed by atoms with Crippen LogP contribution < -0.4 is 25.6 Å². The second kappa shape index (κ2) is 11.5. The van der Waals surface area contributed by atoms with Crippen molar-refractivity contribution >= 4 is 57.8 Å². The van der Waals surface area contributed by atoms with Crippen LogP contribution in [0.15, 0.2) is 54.7 Å². The minimum Gasteiger partial charge on any atom is -0.494 e. The number of fused-ring (bicyclic) bond motifs is 1. The standard InChI is InChI=1S/C34H41N6O3P/c1-22-17-28(30(43-4)18-29(22)40-15-13-34(14-16-40)20-39(3)21-34)37-33-35-19-26(23(2)41)32(38-33)36-27-12-11-24-9-7-8-10-25(24)31(27)44(5,6)42/h7-12,17-19H,13-16,20-21H2,1-6H3,(H2,35,36,37,38). The lowest BCUT2D eigenvalue weighted by Gasteiger charge is -2.53. The van der Waals surface area contributed by atoms with Crippen LogP contribution in [0.25, 0.3) is 10.8 Å². The van der Waals surface area contributed by atoms with Crippen molar-refractivity contribution in [3.05, 3.63) is 65.9 Å². The predicted molar refractivity (Wildman–Crippen MR) is 181 cm³/mol. The van der Waals surface area contributed by atoms with Crippen LogP contribution in [-0.2, 0) is 4.57 Å². The Morgan fingerprint density at radius 2 is 1.75 bits per heavy atom. The van der Waals surface area contributed by atoms with Crippen LogP contribution in [-0.4, -0.2) is 74.3 Å². The van der Waals surface area contributed by atoms with E-state index in [1.807, 2.05) is 36.4 Å². The molecule has 0 unspecified atom stereocenters. The topological polar surface area (TPSA) is 99.7 Å². The molecule has 4 aromatic rings. The molecule has 9 nitrogen and oxygen atoms in total. The molecule has 44 heavy (non-hydrogen) atoms. The molecule has 0 amide bonds. The Balaban J connectivity index is 1.30. The zero-order valence-electron chi connectivity index (χ0n) is 26.4. The number of carbonyl (C=O) groups excluding carboxylic acids is 1. The minimum atomic E-state index is -2.71. The molecule has 2 fully saturated rings. The van der Waals surface area contributed by atoms with Gasteiger partial charge in [0.05, 0.1) is 24.0 Å². The molecule has 2 N–H and O–H groups in total. The molecule has 6 rings (SSSR count). The third-order valence-corrected chi connectivity index (χ3v) is 10.6. The van der Waals surface area contributed by atoms with Gasteiger partial charge < -0.3 is 29.7 Å². The van der Waals surface area contributed by atoms with Crippen LogP contribution in [0.1, 0.15) is 35.7 Å². The highest BCUT2D eigenvalue weighted by atomic mass is 31.2. The fraction of sp³-hybridized carbons (Fsp3) is 0.382. The van der Waals surface area contributed by atoms with Gasteiger partial charge in [-0.3, -0.25) is 4.79 Å². The summed E-state index contributed by atoms with van der Waals surface area (Å²) >= 11 is 0. The number of aromatic nitrogens is 2. The first-order valence-corrected chi connectivity index (χ1v) is 17.7. The Morgan fingerprint density at radius 1 is 1.02 bits per heavy atom. The SMILES string of the molecule is COc1cc(N2CCC3(CC2)CN(C)C3)c(C)cc1Nc1ncc(C(C)=O)c(Nc2ccc3ccccc3c2P(C)(C)=O)n1. The zero-order chi connectivity index (χ0) is 31.2. The highest BCUT2D eigenvalue weighted by molar-refractivity contribution is 7.71. The van der Waals surface area contributed by atoms with Crippen LogP contribution in [0.4, 0.5) is 28.8 Å². The second-order valence-corrected chi connectivity index (χ2v) is 15.9. The van der Waals surface area contributed by atoms with Crippen molar-refractivity contribution in [3.8, 4) is 5.75 Å². The van der Waals surface area contributed by atoms with Crippen molar-refractivity contribution in [2.45, 2.75) is 26.7 Å². The molecule has 0 aliphatic carbocycles. The number of ether oxygens (including phenoxy) is 1. The van der Waals surface area contributed by atoms with Crippen molar-refractivity contribution in [2.24, 2.45) is 5.41 Å². The molecule has 0 bridgehead atoms. The zero-order valence-corrected chi connectivity index (χ0v) is 27.3. The summed E-state index contributed by atoms with van der Waals surface area (Å²) in [7, 11) is 1.15. The number of methoxy groups -OCH3 is 1. The summed E-state index contributed by atoms with van der Waals surface area (Å²) in [6.45, 7) is 11.6. The number of hydrogen-bond donors (Lipinski definition) is 2. The fourth-order valence-corrected chi connectivity index (χ4v) is 8.40. The van der Waals surface area contributed by atoms with E-state index < -0.39 is 7.14 Å². The van der Waals surface area contributed by atoms with E-state index in [-0.39, 0.29) is 5.78 Å². The Morgan fingerprint density at radius 3 is 2.41 bits per heavy atom. The van der Waals surface area contributed by atoms with Gasteiger partial charge in [0, 0.05) is 49.4 Å².